The van der Waals surface area contributed by atoms with Crippen molar-refractivity contribution in [3.8, 4) is 0 Å². The minimum Gasteiger partial charge on any atom is -0.576 e. The Labute approximate surface area is 42.3 Å². The summed E-state index contributed by atoms with van der Waals surface area (Å²) >= 11 is 0. The summed E-state index contributed by atoms with van der Waals surface area (Å²) in [5.41, 5.74) is 0. The van der Waals surface area contributed by atoms with Crippen molar-refractivity contribution in [2.75, 3.05) is 6.54 Å². The molecular formula is C5H6NO. The summed E-state index contributed by atoms with van der Waals surface area (Å²) in [6, 6.07) is 0. The van der Waals surface area contributed by atoms with Crippen LogP contribution >= 0.6 is 0 Å². The van der Waals surface area contributed by atoms with Gasteiger partial charge in [0.1, 0.15) is 12.7 Å². The zero-order valence-corrected chi connectivity index (χ0v) is 3.87. The molecule has 0 amide bonds. The summed E-state index contributed by atoms with van der Waals surface area (Å²) in [5.74, 6) is 0. The summed E-state index contributed by atoms with van der Waals surface area (Å²) < 4.78 is 0. The molecule has 2 heteroatoms. The fraction of sp³-hybridized carbons (Fsp3) is 0.200. The van der Waals surface area contributed by atoms with Crippen LogP contribution in [0, 0.1) is 5.21 Å². The Balaban J connectivity index is 2.49. The van der Waals surface area contributed by atoms with Crippen LogP contribution in [-0.2, 0) is 0 Å². The lowest BCUT2D eigenvalue weighted by Crippen LogP contribution is -2.15. The van der Waals surface area contributed by atoms with Gasteiger partial charge in [-0.1, -0.05) is 6.08 Å². The standard InChI is InChI=1S/C5H6NO/c7-6-4-2-1-3-5-6/h1-4H,5H2. The number of hydroxylamine groups is 2. The molecule has 1 radical (unpaired) electrons. The zero-order chi connectivity index (χ0) is 5.11. The van der Waals surface area contributed by atoms with E-state index in [1.807, 2.05) is 12.2 Å². The molecule has 0 unspecified atom stereocenters. The van der Waals surface area contributed by atoms with Crippen molar-refractivity contribution in [2.45, 2.75) is 0 Å². The van der Waals surface area contributed by atoms with Gasteiger partial charge in [-0.3, -0.25) is 0 Å². The molecule has 0 aromatic carbocycles. The molecule has 37 valence electrons. The lowest BCUT2D eigenvalue weighted by molar-refractivity contribution is 0.737. The molecule has 0 aliphatic carbocycles. The topological polar surface area (TPSA) is 29.0 Å². The van der Waals surface area contributed by atoms with E-state index < -0.39 is 0 Å². The van der Waals surface area contributed by atoms with Crippen molar-refractivity contribution in [3.05, 3.63) is 29.6 Å². The van der Waals surface area contributed by atoms with Gasteiger partial charge in [0.05, 0.1) is 0 Å². The third kappa shape index (κ3) is 1.14. The summed E-state index contributed by atoms with van der Waals surface area (Å²) in [4.78, 5) is 0. The van der Waals surface area contributed by atoms with Crippen molar-refractivity contribution in [1.29, 1.82) is 0 Å². The molecule has 1 aliphatic rings. The molecule has 0 N–H and O–H groups in total. The molecular weight excluding hydrogens is 90.1 g/mol. The van der Waals surface area contributed by atoms with E-state index in [2.05, 4.69) is 0 Å². The number of hydrogen-bond donors (Lipinski definition) is 0. The zero-order valence-electron chi connectivity index (χ0n) is 3.87. The largest absolute Gasteiger partial charge is 0.576 e. The first-order chi connectivity index (χ1) is 3.39. The summed E-state index contributed by atoms with van der Waals surface area (Å²) in [6.07, 6.45) is 6.89. The third-order valence-corrected chi connectivity index (χ3v) is 0.785. The SMILES string of the molecule is [O-][N+]1C=CC=CC1. The Bertz CT molecular complexity index is 107. The van der Waals surface area contributed by atoms with Crippen molar-refractivity contribution in [2.24, 2.45) is 0 Å². The highest BCUT2D eigenvalue weighted by molar-refractivity contribution is 5.10. The van der Waals surface area contributed by atoms with Crippen LogP contribution in [0.3, 0.4) is 0 Å². The second-order valence-corrected chi connectivity index (χ2v) is 1.37. The average molecular weight is 96.1 g/mol. The number of rotatable bonds is 0. The van der Waals surface area contributed by atoms with Crippen LogP contribution in [0.5, 0.6) is 0 Å². The monoisotopic (exact) mass is 96.0 g/mol. The van der Waals surface area contributed by atoms with Crippen molar-refractivity contribution < 1.29 is 0 Å². The number of nitrogens with zero attached hydrogens (tertiary/aromatic N) is 1. The van der Waals surface area contributed by atoms with Gasteiger partial charge < -0.3 is 5.21 Å². The van der Waals surface area contributed by atoms with Crippen LogP contribution in [0.25, 0.3) is 0 Å². The van der Waals surface area contributed by atoms with E-state index in [1.165, 1.54) is 6.20 Å². The van der Waals surface area contributed by atoms with Gasteiger partial charge in [-0.05, 0) is 12.2 Å². The smallest absolute Gasteiger partial charge is 0.146 e. The normalized spacial score (nSPS) is 20.7. The number of allylic oxidation sites excluding steroid dienone is 2. The van der Waals surface area contributed by atoms with Gasteiger partial charge in [0, 0.05) is 0 Å². The van der Waals surface area contributed by atoms with Gasteiger partial charge in [-0.25, -0.2) is 0 Å². The van der Waals surface area contributed by atoms with Crippen LogP contribution in [-0.4, -0.2) is 6.54 Å². The minimum atomic E-state index is 0.497. The van der Waals surface area contributed by atoms with E-state index in [1.54, 1.807) is 6.08 Å². The Morgan fingerprint density at radius 2 is 2.29 bits per heavy atom. The van der Waals surface area contributed by atoms with Gasteiger partial charge in [-0.15, -0.1) is 0 Å². The van der Waals surface area contributed by atoms with Crippen molar-refractivity contribution in [1.82, 2.24) is 5.06 Å². The van der Waals surface area contributed by atoms with Gasteiger partial charge in [0.25, 0.3) is 0 Å². The molecule has 1 aliphatic heterocycles. The summed E-state index contributed by atoms with van der Waals surface area (Å²) in [5, 5.41) is 11.1. The Morgan fingerprint density at radius 3 is 2.57 bits per heavy atom. The first-order valence-corrected chi connectivity index (χ1v) is 2.17. The van der Waals surface area contributed by atoms with Gasteiger partial charge in [0.15, 0.2) is 0 Å². The first-order valence-electron chi connectivity index (χ1n) is 2.17. The maximum atomic E-state index is 10.2. The quantitative estimate of drug-likeness (QED) is 0.322. The van der Waals surface area contributed by atoms with Gasteiger partial charge >= 0.3 is 0 Å². The van der Waals surface area contributed by atoms with E-state index in [0.717, 1.165) is 5.06 Å². The minimum absolute atomic E-state index is 0.497. The Morgan fingerprint density at radius 1 is 1.43 bits per heavy atom. The molecule has 0 fully saturated rings. The summed E-state index contributed by atoms with van der Waals surface area (Å²) in [7, 11) is 0. The third-order valence-electron chi connectivity index (χ3n) is 0.785. The van der Waals surface area contributed by atoms with E-state index >= 15 is 0 Å². The first kappa shape index (κ1) is 4.56. The van der Waals surface area contributed by atoms with Gasteiger partial charge in [0.2, 0.25) is 0 Å². The van der Waals surface area contributed by atoms with Crippen LogP contribution in [0.1, 0.15) is 0 Å². The molecule has 0 atom stereocenters. The second kappa shape index (κ2) is 1.91. The molecule has 1 heterocycles. The fourth-order valence-corrected chi connectivity index (χ4v) is 0.450. The molecule has 1 rings (SSSR count). The van der Waals surface area contributed by atoms with Crippen molar-refractivity contribution >= 4 is 0 Å². The number of hydrogen-bond acceptors (Lipinski definition) is 2. The molecule has 0 bridgehead atoms. The highest BCUT2D eigenvalue weighted by Gasteiger charge is 1.94. The van der Waals surface area contributed by atoms with Crippen LogP contribution in [0.15, 0.2) is 24.4 Å². The predicted molar refractivity (Wildman–Crippen MR) is 28.6 cm³/mol. The molecule has 2 nitrogen and oxygen atoms in total. The molecule has 0 saturated carbocycles. The Kier molecular flexibility index (Phi) is 1.24. The van der Waals surface area contributed by atoms with E-state index in [9.17, 15) is 5.21 Å². The molecule has 0 saturated heterocycles. The second-order valence-electron chi connectivity index (χ2n) is 1.37. The van der Waals surface area contributed by atoms with E-state index in [4.69, 9.17) is 0 Å². The van der Waals surface area contributed by atoms with Crippen LogP contribution in [0.4, 0.5) is 0 Å². The predicted octanol–water partition coefficient (Wildman–Crippen LogP) is 0.708. The van der Waals surface area contributed by atoms with Crippen LogP contribution in [0.2, 0.25) is 0 Å². The lowest BCUT2D eigenvalue weighted by atomic mass is 10.4. The molecule has 7 heavy (non-hydrogen) atoms. The van der Waals surface area contributed by atoms with Crippen molar-refractivity contribution in [3.63, 3.8) is 0 Å². The van der Waals surface area contributed by atoms with E-state index in [-0.39, 0.29) is 0 Å². The summed E-state index contributed by atoms with van der Waals surface area (Å²) in [6.45, 7) is 0.497. The maximum Gasteiger partial charge on any atom is 0.146 e. The lowest BCUT2D eigenvalue weighted by Gasteiger charge is -2.06. The maximum absolute atomic E-state index is 10.2. The fourth-order valence-electron chi connectivity index (χ4n) is 0.450. The van der Waals surface area contributed by atoms with Crippen LogP contribution < -0.4 is 5.06 Å². The van der Waals surface area contributed by atoms with E-state index in [0.29, 0.717) is 6.54 Å². The molecule has 0 aromatic rings. The van der Waals surface area contributed by atoms with Gasteiger partial charge in [-0.2, -0.15) is 5.06 Å². The highest BCUT2D eigenvalue weighted by Crippen LogP contribution is 1.89. The highest BCUT2D eigenvalue weighted by atomic mass is 16.5. The molecule has 0 aromatic heterocycles. The Hall–Kier alpha value is -0.600. The average Bonchev–Trinajstić information content (AvgIpc) is 1.69. The molecule has 0 spiro atoms.